The van der Waals surface area contributed by atoms with Crippen LogP contribution in [0, 0.1) is 6.92 Å². The molecule has 5 aromatic rings. The number of aryl methyl sites for hydroxylation is 2. The first-order valence-electron chi connectivity index (χ1n) is 7.92. The number of thiophene rings is 1. The number of hydrogen-bond acceptors (Lipinski definition) is 3. The van der Waals surface area contributed by atoms with Gasteiger partial charge < -0.3 is 4.57 Å². The molecule has 0 bridgehead atoms. The molecule has 0 aliphatic heterocycles. The van der Waals surface area contributed by atoms with Gasteiger partial charge in [-0.05, 0) is 37.3 Å². The monoisotopic (exact) mass is 329 g/mol. The van der Waals surface area contributed by atoms with Gasteiger partial charge in [0.25, 0.3) is 0 Å². The summed E-state index contributed by atoms with van der Waals surface area (Å²) in [5.41, 5.74) is 4.25. The van der Waals surface area contributed by atoms with Crippen LogP contribution in [0.15, 0.2) is 54.7 Å². The second-order valence-electron chi connectivity index (χ2n) is 6.07. The molecular formula is C20H15N3S. The third-order valence-electron chi connectivity index (χ3n) is 4.60. The van der Waals surface area contributed by atoms with Crippen LogP contribution in [0.2, 0.25) is 0 Å². The van der Waals surface area contributed by atoms with Crippen molar-refractivity contribution in [2.24, 2.45) is 7.05 Å². The summed E-state index contributed by atoms with van der Waals surface area (Å²) in [6.45, 7) is 2.03. The first kappa shape index (κ1) is 13.7. The molecule has 4 heteroatoms. The highest BCUT2D eigenvalue weighted by atomic mass is 32.1. The van der Waals surface area contributed by atoms with E-state index in [1.165, 1.54) is 20.2 Å². The van der Waals surface area contributed by atoms with E-state index in [0.29, 0.717) is 0 Å². The molecule has 0 spiro atoms. The van der Waals surface area contributed by atoms with E-state index in [4.69, 9.17) is 4.98 Å². The zero-order valence-corrected chi connectivity index (χ0v) is 14.3. The van der Waals surface area contributed by atoms with Crippen LogP contribution in [0.4, 0.5) is 0 Å². The molecule has 116 valence electrons. The Morgan fingerprint density at radius 1 is 0.958 bits per heavy atom. The molecule has 0 radical (unpaired) electrons. The molecule has 0 saturated heterocycles. The topological polar surface area (TPSA) is 30.7 Å². The summed E-state index contributed by atoms with van der Waals surface area (Å²) in [7, 11) is 2.06. The maximum absolute atomic E-state index is 4.84. The molecule has 2 aromatic carbocycles. The first-order valence-corrected chi connectivity index (χ1v) is 8.74. The van der Waals surface area contributed by atoms with Crippen molar-refractivity contribution >= 4 is 42.5 Å². The number of aromatic nitrogens is 3. The number of hydrogen-bond donors (Lipinski definition) is 0. The Balaban J connectivity index is 1.82. The standard InChI is InChI=1S/C20H15N3S/c1-12-19-16(9-10-21-12)22-20(23(19)2)13-7-8-18-15(11-13)14-5-3-4-6-17(14)24-18/h3-11H,1-2H3. The molecule has 0 aliphatic rings. The van der Waals surface area contributed by atoms with Crippen LogP contribution in [0.1, 0.15) is 5.69 Å². The maximum Gasteiger partial charge on any atom is 0.140 e. The predicted octanol–water partition coefficient (Wildman–Crippen LogP) is 5.31. The van der Waals surface area contributed by atoms with Gasteiger partial charge in [-0.1, -0.05) is 18.2 Å². The van der Waals surface area contributed by atoms with Gasteiger partial charge in [-0.15, -0.1) is 11.3 Å². The second kappa shape index (κ2) is 4.89. The Labute approximate surface area is 143 Å². The van der Waals surface area contributed by atoms with Gasteiger partial charge >= 0.3 is 0 Å². The lowest BCUT2D eigenvalue weighted by molar-refractivity contribution is 0.949. The third-order valence-corrected chi connectivity index (χ3v) is 5.75. The molecular weight excluding hydrogens is 314 g/mol. The van der Waals surface area contributed by atoms with Crippen molar-refractivity contribution in [2.45, 2.75) is 6.92 Å². The van der Waals surface area contributed by atoms with Gasteiger partial charge in [-0.2, -0.15) is 0 Å². The van der Waals surface area contributed by atoms with Crippen molar-refractivity contribution in [1.29, 1.82) is 0 Å². The van der Waals surface area contributed by atoms with E-state index in [-0.39, 0.29) is 0 Å². The summed E-state index contributed by atoms with van der Waals surface area (Å²) in [6, 6.07) is 17.2. The van der Waals surface area contributed by atoms with E-state index in [1.807, 2.05) is 30.5 Å². The van der Waals surface area contributed by atoms with Crippen LogP contribution >= 0.6 is 11.3 Å². The summed E-state index contributed by atoms with van der Waals surface area (Å²) in [6.07, 6.45) is 1.82. The zero-order valence-electron chi connectivity index (χ0n) is 13.4. The summed E-state index contributed by atoms with van der Waals surface area (Å²) in [5.74, 6) is 0.985. The molecule has 5 rings (SSSR count). The molecule has 0 fully saturated rings. The summed E-state index contributed by atoms with van der Waals surface area (Å²) in [4.78, 5) is 9.24. The highest BCUT2D eigenvalue weighted by Crippen LogP contribution is 2.36. The molecule has 0 unspecified atom stereocenters. The number of nitrogens with zero attached hydrogens (tertiary/aromatic N) is 3. The fraction of sp³-hybridized carbons (Fsp3) is 0.100. The van der Waals surface area contributed by atoms with E-state index >= 15 is 0 Å². The minimum atomic E-state index is 0.985. The number of imidazole rings is 1. The molecule has 24 heavy (non-hydrogen) atoms. The molecule has 0 saturated carbocycles. The quantitative estimate of drug-likeness (QED) is 0.417. The molecule has 3 nitrogen and oxygen atoms in total. The molecule has 0 atom stereocenters. The minimum absolute atomic E-state index is 0.985. The van der Waals surface area contributed by atoms with Crippen molar-refractivity contribution in [3.8, 4) is 11.4 Å². The van der Waals surface area contributed by atoms with Gasteiger partial charge in [0.2, 0.25) is 0 Å². The number of benzene rings is 2. The molecule has 3 heterocycles. The van der Waals surface area contributed by atoms with Crippen LogP contribution in [-0.2, 0) is 7.05 Å². The lowest BCUT2D eigenvalue weighted by Gasteiger charge is -2.04. The predicted molar refractivity (Wildman–Crippen MR) is 102 cm³/mol. The van der Waals surface area contributed by atoms with Gasteiger partial charge in [0.1, 0.15) is 5.82 Å². The van der Waals surface area contributed by atoms with Gasteiger partial charge in [0.05, 0.1) is 16.7 Å². The number of pyridine rings is 1. The van der Waals surface area contributed by atoms with E-state index in [9.17, 15) is 0 Å². The van der Waals surface area contributed by atoms with Gasteiger partial charge in [0, 0.05) is 39.0 Å². The van der Waals surface area contributed by atoms with E-state index in [2.05, 4.69) is 59.1 Å². The highest BCUT2D eigenvalue weighted by molar-refractivity contribution is 7.25. The lowest BCUT2D eigenvalue weighted by Crippen LogP contribution is -1.94. The molecule has 0 amide bonds. The summed E-state index contributed by atoms with van der Waals surface area (Å²) < 4.78 is 4.79. The van der Waals surface area contributed by atoms with Crippen LogP contribution in [-0.4, -0.2) is 14.5 Å². The lowest BCUT2D eigenvalue weighted by atomic mass is 10.1. The largest absolute Gasteiger partial charge is 0.326 e. The van der Waals surface area contributed by atoms with Gasteiger partial charge in [-0.25, -0.2) is 4.98 Å². The Morgan fingerprint density at radius 3 is 2.67 bits per heavy atom. The number of rotatable bonds is 1. The van der Waals surface area contributed by atoms with Crippen molar-refractivity contribution in [2.75, 3.05) is 0 Å². The fourth-order valence-electron chi connectivity index (χ4n) is 3.47. The third kappa shape index (κ3) is 1.83. The highest BCUT2D eigenvalue weighted by Gasteiger charge is 2.13. The molecule has 0 aliphatic carbocycles. The summed E-state index contributed by atoms with van der Waals surface area (Å²) in [5, 5.41) is 2.62. The fourth-order valence-corrected chi connectivity index (χ4v) is 4.55. The number of fused-ring (bicyclic) bond motifs is 4. The van der Waals surface area contributed by atoms with Crippen LogP contribution < -0.4 is 0 Å². The second-order valence-corrected chi connectivity index (χ2v) is 7.15. The smallest absolute Gasteiger partial charge is 0.140 e. The Kier molecular flexibility index (Phi) is 2.79. The van der Waals surface area contributed by atoms with E-state index in [1.54, 1.807) is 0 Å². The average Bonchev–Trinajstić information content (AvgIpc) is 3.13. The minimum Gasteiger partial charge on any atom is -0.326 e. The van der Waals surface area contributed by atoms with Crippen molar-refractivity contribution in [1.82, 2.24) is 14.5 Å². The Bertz CT molecular complexity index is 1230. The normalized spacial score (nSPS) is 11.8. The average molecular weight is 329 g/mol. The van der Waals surface area contributed by atoms with Gasteiger partial charge in [0.15, 0.2) is 0 Å². The van der Waals surface area contributed by atoms with Crippen molar-refractivity contribution < 1.29 is 0 Å². The Morgan fingerprint density at radius 2 is 1.79 bits per heavy atom. The van der Waals surface area contributed by atoms with Crippen LogP contribution in [0.5, 0.6) is 0 Å². The maximum atomic E-state index is 4.84. The van der Waals surface area contributed by atoms with Crippen molar-refractivity contribution in [3.63, 3.8) is 0 Å². The van der Waals surface area contributed by atoms with E-state index < -0.39 is 0 Å². The van der Waals surface area contributed by atoms with Crippen molar-refractivity contribution in [3.05, 3.63) is 60.4 Å². The zero-order chi connectivity index (χ0) is 16.3. The first-order chi connectivity index (χ1) is 11.7. The van der Waals surface area contributed by atoms with E-state index in [0.717, 1.165) is 28.1 Å². The van der Waals surface area contributed by atoms with Crippen LogP contribution in [0.3, 0.4) is 0 Å². The Hall–Kier alpha value is -2.72. The van der Waals surface area contributed by atoms with Gasteiger partial charge in [-0.3, -0.25) is 4.98 Å². The SMILES string of the molecule is Cc1nccc2nc(-c3ccc4sc5ccccc5c4c3)n(C)c12. The van der Waals surface area contributed by atoms with Crippen LogP contribution in [0.25, 0.3) is 42.6 Å². The molecule has 0 N–H and O–H groups in total. The molecule has 3 aromatic heterocycles. The summed E-state index contributed by atoms with van der Waals surface area (Å²) >= 11 is 1.84.